The number of halogens is 2. The normalized spacial score (nSPS) is 15.9. The molecule has 1 saturated carbocycles. The number of fused-ring (bicyclic) bond motifs is 1. The van der Waals surface area contributed by atoms with Crippen LogP contribution in [-0.4, -0.2) is 42.8 Å². The molecule has 4 rings (SSSR count). The number of aromatic nitrogens is 4. The SMILES string of the molecule is N#Cc1cnc2c(cnn2-c2cc(NC3CC(F)(F)C3)c(C(=O)O)cn2)c1. The minimum atomic E-state index is -2.72. The highest BCUT2D eigenvalue weighted by molar-refractivity contribution is 5.94. The Hall–Kier alpha value is -3.61. The number of hydrogen-bond donors (Lipinski definition) is 2. The second-order valence-corrected chi connectivity index (χ2v) is 6.30. The summed E-state index contributed by atoms with van der Waals surface area (Å²) in [5.74, 6) is -3.66. The quantitative estimate of drug-likeness (QED) is 0.725. The Morgan fingerprint density at radius 2 is 2.07 bits per heavy atom. The van der Waals surface area contributed by atoms with Crippen molar-refractivity contribution < 1.29 is 18.7 Å². The van der Waals surface area contributed by atoms with Gasteiger partial charge in [0.2, 0.25) is 0 Å². The monoisotopic (exact) mass is 370 g/mol. The van der Waals surface area contributed by atoms with Crippen LogP contribution < -0.4 is 5.32 Å². The largest absolute Gasteiger partial charge is 0.478 e. The van der Waals surface area contributed by atoms with Gasteiger partial charge in [0.1, 0.15) is 11.6 Å². The molecule has 0 radical (unpaired) electrons. The molecule has 0 amide bonds. The molecule has 10 heteroatoms. The van der Waals surface area contributed by atoms with Gasteiger partial charge in [0.25, 0.3) is 5.92 Å². The summed E-state index contributed by atoms with van der Waals surface area (Å²) in [6, 6.07) is 4.53. The molecule has 27 heavy (non-hydrogen) atoms. The number of carboxylic acid groups (broad SMARTS) is 1. The molecule has 0 aliphatic heterocycles. The number of alkyl halides is 2. The summed E-state index contributed by atoms with van der Waals surface area (Å²) in [7, 11) is 0. The Balaban J connectivity index is 1.73. The minimum Gasteiger partial charge on any atom is -0.478 e. The van der Waals surface area contributed by atoms with Crippen molar-refractivity contribution in [2.75, 3.05) is 5.32 Å². The van der Waals surface area contributed by atoms with E-state index >= 15 is 0 Å². The van der Waals surface area contributed by atoms with Gasteiger partial charge in [-0.05, 0) is 6.07 Å². The molecular formula is C17H12F2N6O2. The third-order valence-electron chi connectivity index (χ3n) is 4.32. The number of hydrogen-bond acceptors (Lipinski definition) is 6. The Morgan fingerprint density at radius 3 is 2.74 bits per heavy atom. The molecule has 1 fully saturated rings. The first-order valence-corrected chi connectivity index (χ1v) is 7.98. The fraction of sp³-hybridized carbons (Fsp3) is 0.235. The first kappa shape index (κ1) is 16.8. The third-order valence-corrected chi connectivity index (χ3v) is 4.32. The maximum absolute atomic E-state index is 13.1. The number of nitrogens with one attached hydrogen (secondary N) is 1. The maximum Gasteiger partial charge on any atom is 0.339 e. The van der Waals surface area contributed by atoms with Gasteiger partial charge in [0.15, 0.2) is 11.5 Å². The highest BCUT2D eigenvalue weighted by Crippen LogP contribution is 2.39. The molecule has 1 aliphatic carbocycles. The van der Waals surface area contributed by atoms with Gasteiger partial charge in [-0.1, -0.05) is 0 Å². The number of rotatable bonds is 4. The smallest absolute Gasteiger partial charge is 0.339 e. The van der Waals surface area contributed by atoms with Crippen molar-refractivity contribution in [3.8, 4) is 11.9 Å². The van der Waals surface area contributed by atoms with Crippen molar-refractivity contribution in [3.63, 3.8) is 0 Å². The summed E-state index contributed by atoms with van der Waals surface area (Å²) in [6.07, 6.45) is 3.34. The molecule has 136 valence electrons. The molecule has 8 nitrogen and oxygen atoms in total. The third kappa shape index (κ3) is 3.03. The van der Waals surface area contributed by atoms with Gasteiger partial charge in [-0.2, -0.15) is 15.0 Å². The molecule has 0 unspecified atom stereocenters. The van der Waals surface area contributed by atoms with Crippen LogP contribution in [0.5, 0.6) is 0 Å². The zero-order valence-electron chi connectivity index (χ0n) is 13.7. The highest BCUT2D eigenvalue weighted by Gasteiger charge is 2.45. The Labute approximate surface area is 151 Å². The molecule has 0 spiro atoms. The topological polar surface area (TPSA) is 117 Å². The molecule has 2 N–H and O–H groups in total. The van der Waals surface area contributed by atoms with E-state index in [0.717, 1.165) is 6.20 Å². The molecule has 3 heterocycles. The second-order valence-electron chi connectivity index (χ2n) is 6.30. The molecule has 3 aromatic heterocycles. The van der Waals surface area contributed by atoms with Crippen molar-refractivity contribution in [1.82, 2.24) is 19.7 Å². The lowest BCUT2D eigenvalue weighted by atomic mass is 9.88. The Morgan fingerprint density at radius 1 is 1.30 bits per heavy atom. The molecule has 3 aromatic rings. The number of nitriles is 1. The van der Waals surface area contributed by atoms with E-state index in [1.807, 2.05) is 6.07 Å². The summed E-state index contributed by atoms with van der Waals surface area (Å²) in [5.41, 5.74) is 0.880. The van der Waals surface area contributed by atoms with Gasteiger partial charge in [-0.25, -0.2) is 23.5 Å². The van der Waals surface area contributed by atoms with Crippen molar-refractivity contribution in [1.29, 1.82) is 5.26 Å². The predicted octanol–water partition coefficient (Wildman–Crippen LogP) is 2.59. The first-order chi connectivity index (χ1) is 12.9. The van der Waals surface area contributed by atoms with Crippen LogP contribution in [0.4, 0.5) is 14.5 Å². The van der Waals surface area contributed by atoms with E-state index in [-0.39, 0.29) is 29.9 Å². The molecule has 0 saturated heterocycles. The van der Waals surface area contributed by atoms with Gasteiger partial charge in [0.05, 0.1) is 17.4 Å². The van der Waals surface area contributed by atoms with Crippen LogP contribution >= 0.6 is 0 Å². The van der Waals surface area contributed by atoms with E-state index in [1.165, 1.54) is 23.1 Å². The van der Waals surface area contributed by atoms with E-state index in [9.17, 15) is 18.7 Å². The molecule has 0 atom stereocenters. The lowest BCUT2D eigenvalue weighted by Gasteiger charge is -2.36. The fourth-order valence-corrected chi connectivity index (χ4v) is 2.98. The van der Waals surface area contributed by atoms with Crippen LogP contribution in [0.2, 0.25) is 0 Å². The van der Waals surface area contributed by atoms with Crippen molar-refractivity contribution in [2.45, 2.75) is 24.8 Å². The lowest BCUT2D eigenvalue weighted by Crippen LogP contribution is -2.44. The van der Waals surface area contributed by atoms with E-state index in [4.69, 9.17) is 5.26 Å². The van der Waals surface area contributed by atoms with Gasteiger partial charge >= 0.3 is 5.97 Å². The number of anilines is 1. The Kier molecular flexibility index (Phi) is 3.73. The minimum absolute atomic E-state index is 0.120. The van der Waals surface area contributed by atoms with Gasteiger partial charge < -0.3 is 10.4 Å². The summed E-state index contributed by atoms with van der Waals surface area (Å²) >= 11 is 0. The summed E-state index contributed by atoms with van der Waals surface area (Å²) in [4.78, 5) is 19.7. The van der Waals surface area contributed by atoms with Crippen LogP contribution in [0.3, 0.4) is 0 Å². The molecular weight excluding hydrogens is 358 g/mol. The average molecular weight is 370 g/mol. The van der Waals surface area contributed by atoms with E-state index in [2.05, 4.69) is 20.4 Å². The summed E-state index contributed by atoms with van der Waals surface area (Å²) in [6.45, 7) is 0. The second kappa shape index (κ2) is 5.98. The first-order valence-electron chi connectivity index (χ1n) is 7.98. The van der Waals surface area contributed by atoms with Gasteiger partial charge in [0, 0.05) is 42.7 Å². The zero-order valence-corrected chi connectivity index (χ0v) is 13.7. The van der Waals surface area contributed by atoms with E-state index in [1.54, 1.807) is 6.07 Å². The van der Waals surface area contributed by atoms with Crippen molar-refractivity contribution in [3.05, 3.63) is 41.9 Å². The van der Waals surface area contributed by atoms with Gasteiger partial charge in [-0.15, -0.1) is 0 Å². The summed E-state index contributed by atoms with van der Waals surface area (Å²) in [5, 5.41) is 25.9. The van der Waals surface area contributed by atoms with Gasteiger partial charge in [-0.3, -0.25) is 0 Å². The number of carboxylic acids is 1. The highest BCUT2D eigenvalue weighted by atomic mass is 19.3. The number of aromatic carboxylic acids is 1. The van der Waals surface area contributed by atoms with E-state index in [0.29, 0.717) is 16.6 Å². The van der Waals surface area contributed by atoms with Crippen LogP contribution in [-0.2, 0) is 0 Å². The predicted molar refractivity (Wildman–Crippen MR) is 89.9 cm³/mol. The Bertz CT molecular complexity index is 1100. The fourth-order valence-electron chi connectivity index (χ4n) is 2.98. The molecule has 0 bridgehead atoms. The molecule has 1 aliphatic rings. The number of carbonyl (C=O) groups is 1. The van der Waals surface area contributed by atoms with Crippen LogP contribution in [0.15, 0.2) is 30.7 Å². The van der Waals surface area contributed by atoms with Crippen molar-refractivity contribution >= 4 is 22.7 Å². The summed E-state index contributed by atoms with van der Waals surface area (Å²) < 4.78 is 27.5. The van der Waals surface area contributed by atoms with Crippen LogP contribution in [0.1, 0.15) is 28.8 Å². The standard InChI is InChI=1S/C17H12F2N6O2/c18-17(19)3-11(4-17)24-13-2-14(21-8-12(13)16(26)27)25-15-10(7-23-25)1-9(5-20)6-22-15/h1-2,6-8,11H,3-4H2,(H,21,24)(H,26,27). The average Bonchev–Trinajstić information content (AvgIpc) is 3.02. The van der Waals surface area contributed by atoms with E-state index < -0.39 is 17.9 Å². The van der Waals surface area contributed by atoms with Crippen molar-refractivity contribution in [2.24, 2.45) is 0 Å². The lowest BCUT2D eigenvalue weighted by molar-refractivity contribution is -0.0793. The van der Waals surface area contributed by atoms with Crippen LogP contribution in [0, 0.1) is 11.3 Å². The molecule has 0 aromatic carbocycles. The maximum atomic E-state index is 13.1. The number of nitrogens with zero attached hydrogens (tertiary/aromatic N) is 5. The zero-order chi connectivity index (χ0) is 19.2. The van der Waals surface area contributed by atoms with Crippen LogP contribution in [0.25, 0.3) is 16.9 Å². The number of pyridine rings is 2.